The van der Waals surface area contributed by atoms with E-state index in [0.717, 1.165) is 5.56 Å². The van der Waals surface area contributed by atoms with E-state index in [9.17, 15) is 14.3 Å². The van der Waals surface area contributed by atoms with Gasteiger partial charge in [0.25, 0.3) is 5.91 Å². The van der Waals surface area contributed by atoms with Crippen LogP contribution in [-0.4, -0.2) is 69.7 Å². The Labute approximate surface area is 205 Å². The Morgan fingerprint density at radius 2 is 2.06 bits per heavy atom. The van der Waals surface area contributed by atoms with Crippen molar-refractivity contribution in [1.82, 2.24) is 19.8 Å². The molecule has 0 aliphatic carbocycles. The lowest BCUT2D eigenvalue weighted by Crippen LogP contribution is -2.49. The lowest BCUT2D eigenvalue weighted by atomic mass is 9.99. The number of likely N-dealkylation sites (N-methyl/N-ethyl adjacent to an activating group) is 1. The Bertz CT molecular complexity index is 1160. The summed E-state index contributed by atoms with van der Waals surface area (Å²) in [6.45, 7) is 5.44. The van der Waals surface area contributed by atoms with Gasteiger partial charge in [0.05, 0.1) is 12.6 Å². The minimum Gasteiger partial charge on any atom is -0.472 e. The number of hydrogen-bond donors (Lipinski definition) is 1. The highest BCUT2D eigenvalue weighted by atomic mass is 19.1. The average molecular weight is 479 g/mol. The number of fused-ring (bicyclic) bond motifs is 1. The van der Waals surface area contributed by atoms with Crippen LogP contribution < -0.4 is 4.74 Å². The summed E-state index contributed by atoms with van der Waals surface area (Å²) in [5.41, 5.74) is 2.64. The zero-order valence-corrected chi connectivity index (χ0v) is 20.3. The third-order valence-corrected chi connectivity index (χ3v) is 6.35. The van der Waals surface area contributed by atoms with Crippen LogP contribution in [0.25, 0.3) is 11.1 Å². The van der Waals surface area contributed by atoms with E-state index in [1.54, 1.807) is 35.5 Å². The van der Waals surface area contributed by atoms with E-state index in [2.05, 4.69) is 14.9 Å². The number of pyridine rings is 2. The molecule has 3 atom stereocenters. The van der Waals surface area contributed by atoms with Gasteiger partial charge in [0.2, 0.25) is 5.88 Å². The molecule has 0 saturated heterocycles. The van der Waals surface area contributed by atoms with Crippen molar-refractivity contribution in [2.45, 2.75) is 32.5 Å². The minimum absolute atomic E-state index is 0.0119. The first-order chi connectivity index (χ1) is 16.9. The summed E-state index contributed by atoms with van der Waals surface area (Å²) in [6.07, 6.45) is 4.94. The van der Waals surface area contributed by atoms with Crippen molar-refractivity contribution in [3.8, 4) is 17.0 Å². The fourth-order valence-electron chi connectivity index (χ4n) is 4.32. The number of rotatable bonds is 7. The van der Waals surface area contributed by atoms with Crippen LogP contribution in [0.5, 0.6) is 5.88 Å². The van der Waals surface area contributed by atoms with E-state index in [-0.39, 0.29) is 42.3 Å². The molecule has 35 heavy (non-hydrogen) atoms. The molecule has 4 rings (SSSR count). The van der Waals surface area contributed by atoms with Crippen LogP contribution in [0.4, 0.5) is 4.39 Å². The van der Waals surface area contributed by atoms with Crippen molar-refractivity contribution in [2.75, 3.05) is 26.7 Å². The summed E-state index contributed by atoms with van der Waals surface area (Å²) in [5, 5.41) is 9.84. The van der Waals surface area contributed by atoms with E-state index in [1.807, 2.05) is 39.2 Å². The number of carbonyl (C=O) groups excluding carboxylic acids is 1. The molecule has 1 aliphatic rings. The molecule has 0 unspecified atom stereocenters. The molecule has 1 amide bonds. The molecule has 7 nitrogen and oxygen atoms in total. The second kappa shape index (κ2) is 10.9. The molecular formula is C27H31FN4O3. The Balaban J connectivity index is 1.66. The van der Waals surface area contributed by atoms with Crippen molar-refractivity contribution in [2.24, 2.45) is 5.92 Å². The van der Waals surface area contributed by atoms with Gasteiger partial charge in [-0.25, -0.2) is 9.37 Å². The van der Waals surface area contributed by atoms with Gasteiger partial charge in [-0.1, -0.05) is 25.1 Å². The van der Waals surface area contributed by atoms with Crippen LogP contribution in [0.2, 0.25) is 0 Å². The van der Waals surface area contributed by atoms with E-state index < -0.39 is 0 Å². The van der Waals surface area contributed by atoms with Crippen molar-refractivity contribution in [1.29, 1.82) is 0 Å². The first kappa shape index (κ1) is 24.8. The number of aliphatic hydroxyl groups is 1. The number of carbonyl (C=O) groups is 1. The third kappa shape index (κ3) is 5.83. The Hall–Kier alpha value is -3.36. The predicted molar refractivity (Wildman–Crippen MR) is 131 cm³/mol. The number of nitrogens with zero attached hydrogens (tertiary/aromatic N) is 4. The fraction of sp³-hybridized carbons (Fsp3) is 0.370. The molecule has 0 fully saturated rings. The SMILES string of the molecule is C[C@@H]1CN([C@H](C)CO)C(=O)c2cc(-c3cccc(F)c3)cnc2O[C@@H]1CN(C)Cc1cccnc1. The van der Waals surface area contributed by atoms with Gasteiger partial charge in [-0.05, 0) is 49.4 Å². The molecular weight excluding hydrogens is 447 g/mol. The zero-order valence-electron chi connectivity index (χ0n) is 20.3. The second-order valence-corrected chi connectivity index (χ2v) is 9.27. The molecule has 184 valence electrons. The first-order valence-corrected chi connectivity index (χ1v) is 11.8. The van der Waals surface area contributed by atoms with Gasteiger partial charge in [-0.2, -0.15) is 0 Å². The maximum absolute atomic E-state index is 13.8. The topological polar surface area (TPSA) is 78.8 Å². The monoisotopic (exact) mass is 478 g/mol. The number of hydrogen-bond acceptors (Lipinski definition) is 6. The molecule has 8 heteroatoms. The molecule has 1 aromatic carbocycles. The second-order valence-electron chi connectivity index (χ2n) is 9.27. The van der Waals surface area contributed by atoms with Gasteiger partial charge in [0.1, 0.15) is 17.5 Å². The number of aliphatic hydroxyl groups excluding tert-OH is 1. The van der Waals surface area contributed by atoms with Gasteiger partial charge < -0.3 is 14.7 Å². The van der Waals surface area contributed by atoms with Crippen molar-refractivity contribution < 1.29 is 19.0 Å². The van der Waals surface area contributed by atoms with E-state index in [0.29, 0.717) is 36.3 Å². The molecule has 0 radical (unpaired) electrons. The maximum atomic E-state index is 13.8. The summed E-state index contributed by atoms with van der Waals surface area (Å²) in [5.74, 6) is -0.391. The lowest BCUT2D eigenvalue weighted by Gasteiger charge is -2.37. The molecule has 0 saturated carbocycles. The number of halogens is 1. The molecule has 0 bridgehead atoms. The molecule has 0 spiro atoms. The highest BCUT2D eigenvalue weighted by molar-refractivity contribution is 5.98. The van der Waals surface area contributed by atoms with Gasteiger partial charge in [0, 0.05) is 49.7 Å². The molecule has 1 N–H and O–H groups in total. The van der Waals surface area contributed by atoms with Crippen LogP contribution in [0.3, 0.4) is 0 Å². The number of ether oxygens (including phenoxy) is 1. The number of benzene rings is 1. The van der Waals surface area contributed by atoms with Gasteiger partial charge >= 0.3 is 0 Å². The number of amides is 1. The summed E-state index contributed by atoms with van der Waals surface area (Å²) < 4.78 is 20.2. The normalized spacial score (nSPS) is 19.0. The maximum Gasteiger partial charge on any atom is 0.259 e. The lowest BCUT2D eigenvalue weighted by molar-refractivity contribution is 0.0325. The Morgan fingerprint density at radius 1 is 1.23 bits per heavy atom. The summed E-state index contributed by atoms with van der Waals surface area (Å²) >= 11 is 0. The molecule has 2 aromatic heterocycles. The third-order valence-electron chi connectivity index (χ3n) is 6.35. The standard InChI is InChI=1S/C27H31FN4O3/c1-18-14-32(19(2)17-33)27(34)24-11-22(21-7-4-8-23(28)10-21)13-30-26(24)35-25(18)16-31(3)15-20-6-5-9-29-12-20/h4-13,18-19,25,33H,14-17H2,1-3H3/t18-,19-,25-/m1/s1. The highest BCUT2D eigenvalue weighted by Gasteiger charge is 2.34. The molecule has 1 aliphatic heterocycles. The van der Waals surface area contributed by atoms with Crippen LogP contribution in [-0.2, 0) is 6.54 Å². The van der Waals surface area contributed by atoms with E-state index in [1.165, 1.54) is 12.1 Å². The van der Waals surface area contributed by atoms with E-state index >= 15 is 0 Å². The smallest absolute Gasteiger partial charge is 0.259 e. The molecule has 3 aromatic rings. The average Bonchev–Trinajstić information content (AvgIpc) is 2.86. The fourth-order valence-corrected chi connectivity index (χ4v) is 4.32. The van der Waals surface area contributed by atoms with Crippen molar-refractivity contribution in [3.63, 3.8) is 0 Å². The zero-order chi connectivity index (χ0) is 24.9. The van der Waals surface area contributed by atoms with Crippen LogP contribution >= 0.6 is 0 Å². The van der Waals surface area contributed by atoms with Gasteiger partial charge in [-0.3, -0.25) is 14.7 Å². The number of aromatic nitrogens is 2. The first-order valence-electron chi connectivity index (χ1n) is 11.8. The van der Waals surface area contributed by atoms with E-state index in [4.69, 9.17) is 4.74 Å². The molecule has 3 heterocycles. The predicted octanol–water partition coefficient (Wildman–Crippen LogP) is 3.63. The van der Waals surface area contributed by atoms with Crippen LogP contribution in [0, 0.1) is 11.7 Å². The van der Waals surface area contributed by atoms with Gasteiger partial charge in [0.15, 0.2) is 0 Å². The largest absolute Gasteiger partial charge is 0.472 e. The summed E-state index contributed by atoms with van der Waals surface area (Å²) in [6, 6.07) is 11.4. The summed E-state index contributed by atoms with van der Waals surface area (Å²) in [7, 11) is 2.02. The van der Waals surface area contributed by atoms with Crippen molar-refractivity contribution in [3.05, 3.63) is 78.0 Å². The highest BCUT2D eigenvalue weighted by Crippen LogP contribution is 2.30. The summed E-state index contributed by atoms with van der Waals surface area (Å²) in [4.78, 5) is 26.1. The van der Waals surface area contributed by atoms with Crippen LogP contribution in [0.15, 0.2) is 61.1 Å². The van der Waals surface area contributed by atoms with Crippen LogP contribution in [0.1, 0.15) is 29.8 Å². The quantitative estimate of drug-likeness (QED) is 0.559. The van der Waals surface area contributed by atoms with Crippen molar-refractivity contribution >= 4 is 5.91 Å². The minimum atomic E-state index is -0.373. The Morgan fingerprint density at radius 3 is 2.77 bits per heavy atom. The van der Waals surface area contributed by atoms with Gasteiger partial charge in [-0.15, -0.1) is 0 Å². The Kier molecular flexibility index (Phi) is 7.73.